The number of carboxylic acid groups (broad SMARTS) is 2. The number of carbonyl (C=O) groups is 2. The van der Waals surface area contributed by atoms with E-state index in [0.29, 0.717) is 5.39 Å². The van der Waals surface area contributed by atoms with E-state index in [0.717, 1.165) is 24.3 Å². The lowest BCUT2D eigenvalue weighted by atomic mass is 10.0. The number of non-ortho nitro benzene ring substituents is 1. The van der Waals surface area contributed by atoms with Gasteiger partial charge in [-0.3, -0.25) is 10.1 Å². The molecule has 0 saturated carbocycles. The molecule has 3 aromatic rings. The first-order valence-corrected chi connectivity index (χ1v) is 7.91. The van der Waals surface area contributed by atoms with Gasteiger partial charge in [0.2, 0.25) is 0 Å². The molecule has 0 aromatic heterocycles. The average Bonchev–Trinajstić information content (AvgIpc) is 2.66. The minimum Gasteiger partial charge on any atom is -0.507 e. The van der Waals surface area contributed by atoms with Crippen LogP contribution in [-0.2, 0) is 0 Å². The number of hydrogen-bond donors (Lipinski definition) is 4. The highest BCUT2D eigenvalue weighted by molar-refractivity contribution is 6.05. The molecule has 11 heteroatoms. The normalized spacial score (nSPS) is 11.0. The molecule has 0 spiro atoms. The fourth-order valence-electron chi connectivity index (χ4n) is 2.67. The van der Waals surface area contributed by atoms with Crippen LogP contribution in [0.1, 0.15) is 20.7 Å². The lowest BCUT2D eigenvalue weighted by Crippen LogP contribution is -1.98. The molecule has 0 amide bonds. The number of nitro benzene ring substituents is 1. The van der Waals surface area contributed by atoms with Crippen molar-refractivity contribution in [1.29, 1.82) is 0 Å². The van der Waals surface area contributed by atoms with Gasteiger partial charge in [0, 0.05) is 12.1 Å². The van der Waals surface area contributed by atoms with Crippen LogP contribution in [0.4, 0.5) is 22.7 Å². The molecule has 0 radical (unpaired) electrons. The molecule has 0 bridgehead atoms. The highest BCUT2D eigenvalue weighted by Gasteiger charge is 2.17. The number of nitrogens with zero attached hydrogens (tertiary/aromatic N) is 3. The summed E-state index contributed by atoms with van der Waals surface area (Å²) in [5.74, 6) is -3.08. The second kappa shape index (κ2) is 7.23. The maximum absolute atomic E-state index is 11.4. The van der Waals surface area contributed by atoms with Crippen molar-refractivity contribution in [3.63, 3.8) is 0 Å². The van der Waals surface area contributed by atoms with E-state index in [1.54, 1.807) is 0 Å². The zero-order valence-electron chi connectivity index (χ0n) is 14.4. The Morgan fingerprint density at radius 1 is 1.00 bits per heavy atom. The number of aromatic hydroxyl groups is 1. The van der Waals surface area contributed by atoms with E-state index >= 15 is 0 Å². The number of hydrogen-bond acceptors (Lipinski definition) is 8. The Bertz CT molecular complexity index is 1220. The van der Waals surface area contributed by atoms with E-state index < -0.39 is 33.9 Å². The third-order valence-electron chi connectivity index (χ3n) is 4.03. The van der Waals surface area contributed by atoms with Crippen molar-refractivity contribution in [3.05, 3.63) is 63.7 Å². The third-order valence-corrected chi connectivity index (χ3v) is 4.03. The van der Waals surface area contributed by atoms with Crippen LogP contribution in [-0.4, -0.2) is 32.2 Å². The lowest BCUT2D eigenvalue weighted by Gasteiger charge is -2.08. The van der Waals surface area contributed by atoms with E-state index in [2.05, 4.69) is 10.2 Å². The second-order valence-corrected chi connectivity index (χ2v) is 5.87. The van der Waals surface area contributed by atoms with E-state index in [9.17, 15) is 29.9 Å². The Kier molecular flexibility index (Phi) is 4.79. The van der Waals surface area contributed by atoms with Crippen LogP contribution in [0.2, 0.25) is 0 Å². The number of nitro groups is 1. The summed E-state index contributed by atoms with van der Waals surface area (Å²) in [6.07, 6.45) is 0. The van der Waals surface area contributed by atoms with E-state index in [4.69, 9.17) is 10.8 Å². The minimum absolute atomic E-state index is 0.00775. The second-order valence-electron chi connectivity index (χ2n) is 5.87. The van der Waals surface area contributed by atoms with Gasteiger partial charge >= 0.3 is 11.9 Å². The summed E-state index contributed by atoms with van der Waals surface area (Å²) in [5, 5.41) is 47.7. The first-order valence-electron chi connectivity index (χ1n) is 7.91. The maximum atomic E-state index is 11.4. The lowest BCUT2D eigenvalue weighted by molar-refractivity contribution is -0.384. The Balaban J connectivity index is 2.17. The van der Waals surface area contributed by atoms with E-state index in [1.807, 2.05) is 0 Å². The van der Waals surface area contributed by atoms with Crippen LogP contribution in [0.15, 0.2) is 52.7 Å². The molecule has 0 unspecified atom stereocenters. The van der Waals surface area contributed by atoms with Gasteiger partial charge in [0.15, 0.2) is 0 Å². The predicted octanol–water partition coefficient (Wildman–Crippen LogP) is 3.85. The molecule has 0 fully saturated rings. The van der Waals surface area contributed by atoms with Gasteiger partial charge in [0.1, 0.15) is 17.1 Å². The van der Waals surface area contributed by atoms with Gasteiger partial charge in [-0.15, -0.1) is 10.2 Å². The molecule has 0 aliphatic heterocycles. The number of rotatable bonds is 5. The van der Waals surface area contributed by atoms with Gasteiger partial charge in [-0.25, -0.2) is 9.59 Å². The number of phenols is 1. The number of azo groups is 1. The van der Waals surface area contributed by atoms with Crippen molar-refractivity contribution < 1.29 is 29.8 Å². The van der Waals surface area contributed by atoms with Gasteiger partial charge < -0.3 is 21.1 Å². The van der Waals surface area contributed by atoms with Gasteiger partial charge in [-0.2, -0.15) is 0 Å². The number of anilines is 1. The summed E-state index contributed by atoms with van der Waals surface area (Å²) in [5.41, 5.74) is 4.80. The van der Waals surface area contributed by atoms with Crippen molar-refractivity contribution in [2.75, 3.05) is 5.73 Å². The summed E-state index contributed by atoms with van der Waals surface area (Å²) in [4.78, 5) is 32.7. The highest BCUT2D eigenvalue weighted by atomic mass is 16.6. The number of fused-ring (bicyclic) bond motifs is 1. The number of nitrogen functional groups attached to an aromatic ring is 1. The van der Waals surface area contributed by atoms with Crippen molar-refractivity contribution in [2.45, 2.75) is 0 Å². The predicted molar refractivity (Wildman–Crippen MR) is 101 cm³/mol. The van der Waals surface area contributed by atoms with Crippen LogP contribution in [0.25, 0.3) is 10.8 Å². The quantitative estimate of drug-likeness (QED) is 0.216. The Morgan fingerprint density at radius 2 is 1.72 bits per heavy atom. The molecule has 0 saturated heterocycles. The number of aromatic carboxylic acids is 2. The molecule has 29 heavy (non-hydrogen) atoms. The molecule has 146 valence electrons. The molecule has 3 rings (SSSR count). The number of carboxylic acids is 2. The van der Waals surface area contributed by atoms with Gasteiger partial charge in [0.25, 0.3) is 5.69 Å². The molecule has 0 atom stereocenters. The number of nitrogens with two attached hydrogens (primary N) is 1. The smallest absolute Gasteiger partial charge is 0.338 e. The zero-order valence-corrected chi connectivity index (χ0v) is 14.4. The fraction of sp³-hybridized carbons (Fsp3) is 0. The average molecular weight is 396 g/mol. The Hall–Kier alpha value is -4.54. The number of phenolic OH excluding ortho intramolecular Hbond substituents is 1. The standard InChI is InChI=1S/C18H12N4O7/c19-12-3-1-8-5-9(17(24)25)6-14(23)15(8)16(12)21-20-13-4-2-10(22(28)29)7-11(13)18(26)27/h1-7,23H,19H2,(H,24,25)(H,26,27). The van der Waals surface area contributed by atoms with Gasteiger partial charge in [0.05, 0.1) is 27.1 Å². The number of benzene rings is 3. The van der Waals surface area contributed by atoms with Crippen molar-refractivity contribution in [2.24, 2.45) is 10.2 Å². The van der Waals surface area contributed by atoms with Crippen molar-refractivity contribution in [1.82, 2.24) is 0 Å². The molecule has 5 N–H and O–H groups in total. The van der Waals surface area contributed by atoms with Gasteiger partial charge in [-0.1, -0.05) is 6.07 Å². The van der Waals surface area contributed by atoms with Crippen LogP contribution in [0.5, 0.6) is 5.75 Å². The van der Waals surface area contributed by atoms with Crippen LogP contribution < -0.4 is 5.73 Å². The van der Waals surface area contributed by atoms with Crippen LogP contribution >= 0.6 is 0 Å². The molecule has 0 aliphatic rings. The summed E-state index contributed by atoms with van der Waals surface area (Å²) in [6.45, 7) is 0. The summed E-state index contributed by atoms with van der Waals surface area (Å²) in [7, 11) is 0. The third kappa shape index (κ3) is 3.64. The molecule has 0 heterocycles. The SMILES string of the molecule is Nc1ccc2cc(C(=O)O)cc(O)c2c1N=Nc1ccc([N+](=O)[O-])cc1C(=O)O. The summed E-state index contributed by atoms with van der Waals surface area (Å²) >= 11 is 0. The van der Waals surface area contributed by atoms with Crippen LogP contribution in [0, 0.1) is 10.1 Å². The molecular formula is C18H12N4O7. The summed E-state index contributed by atoms with van der Waals surface area (Å²) in [6, 6.07) is 8.29. The topological polar surface area (TPSA) is 189 Å². The monoisotopic (exact) mass is 396 g/mol. The summed E-state index contributed by atoms with van der Waals surface area (Å²) < 4.78 is 0. The minimum atomic E-state index is -1.44. The van der Waals surface area contributed by atoms with E-state index in [1.165, 1.54) is 18.2 Å². The first kappa shape index (κ1) is 19.2. The largest absolute Gasteiger partial charge is 0.507 e. The fourth-order valence-corrected chi connectivity index (χ4v) is 2.67. The van der Waals surface area contributed by atoms with Crippen molar-refractivity contribution in [3.8, 4) is 5.75 Å². The highest BCUT2D eigenvalue weighted by Crippen LogP contribution is 2.40. The Morgan fingerprint density at radius 3 is 2.34 bits per heavy atom. The van der Waals surface area contributed by atoms with Gasteiger partial charge in [-0.05, 0) is 29.7 Å². The van der Waals surface area contributed by atoms with E-state index in [-0.39, 0.29) is 28.0 Å². The molecule has 11 nitrogen and oxygen atoms in total. The molecular weight excluding hydrogens is 384 g/mol. The maximum Gasteiger partial charge on any atom is 0.338 e. The first-order chi connectivity index (χ1) is 13.7. The molecule has 3 aromatic carbocycles. The van der Waals surface area contributed by atoms with Crippen molar-refractivity contribution >= 4 is 45.5 Å². The molecule has 0 aliphatic carbocycles. The zero-order chi connectivity index (χ0) is 21.3. The van der Waals surface area contributed by atoms with Crippen LogP contribution in [0.3, 0.4) is 0 Å². The Labute approximate surface area is 161 Å².